The summed E-state index contributed by atoms with van der Waals surface area (Å²) < 4.78 is 5.01. The average molecular weight is 380 g/mol. The van der Waals surface area contributed by atoms with Crippen LogP contribution in [0.5, 0.6) is 0 Å². The maximum absolute atomic E-state index is 12.2. The van der Waals surface area contributed by atoms with Crippen LogP contribution in [-0.4, -0.2) is 76.8 Å². The molecule has 2 amide bonds. The van der Waals surface area contributed by atoms with Crippen molar-refractivity contribution in [2.24, 2.45) is 10.9 Å². The van der Waals surface area contributed by atoms with E-state index in [9.17, 15) is 24.6 Å². The lowest BCUT2D eigenvalue weighted by Crippen LogP contribution is -2.61. The summed E-state index contributed by atoms with van der Waals surface area (Å²) in [6.07, 6.45) is -0.507. The summed E-state index contributed by atoms with van der Waals surface area (Å²) in [5.41, 5.74) is 0.676. The highest BCUT2D eigenvalue weighted by atomic mass is 16.5. The Kier molecular flexibility index (Phi) is 5.36. The van der Waals surface area contributed by atoms with Gasteiger partial charge in [-0.05, 0) is 32.3 Å². The molecule has 0 bridgehead atoms. The van der Waals surface area contributed by atoms with E-state index in [1.54, 1.807) is 13.8 Å². The number of aliphatic hydroxyl groups excluding tert-OH is 1. The van der Waals surface area contributed by atoms with E-state index >= 15 is 0 Å². The van der Waals surface area contributed by atoms with Crippen LogP contribution < -0.4 is 10.6 Å². The van der Waals surface area contributed by atoms with Gasteiger partial charge in [0.1, 0.15) is 11.5 Å². The minimum absolute atomic E-state index is 0.0177. The number of hydrogen-bond acceptors (Lipinski definition) is 7. The molecule has 3 rings (SSSR count). The number of carbonyl (C=O) groups excluding carboxylic acids is 2. The predicted molar refractivity (Wildman–Crippen MR) is 94.0 cm³/mol. The Bertz CT molecular complexity index is 716. The monoisotopic (exact) mass is 380 g/mol. The molecule has 10 nitrogen and oxygen atoms in total. The van der Waals surface area contributed by atoms with E-state index in [0.29, 0.717) is 37.3 Å². The molecule has 0 saturated carbocycles. The number of aliphatic hydroxyl groups is 1. The maximum Gasteiger partial charge on any atom is 0.407 e. The van der Waals surface area contributed by atoms with Gasteiger partial charge < -0.3 is 30.5 Å². The molecule has 0 unspecified atom stereocenters. The number of carboxylic acids is 1. The second-order valence-electron chi connectivity index (χ2n) is 6.92. The molecule has 3 heterocycles. The number of nitrogens with one attached hydrogen (secondary N) is 2. The Balaban J connectivity index is 1.64. The fraction of sp³-hybridized carbons (Fsp3) is 0.647. The van der Waals surface area contributed by atoms with Gasteiger partial charge in [-0.15, -0.1) is 0 Å². The number of fused-ring (bicyclic) bond motifs is 1. The van der Waals surface area contributed by atoms with Crippen LogP contribution in [0.4, 0.5) is 4.79 Å². The second kappa shape index (κ2) is 7.55. The van der Waals surface area contributed by atoms with Gasteiger partial charge in [0.15, 0.2) is 6.61 Å². The molecular weight excluding hydrogens is 356 g/mol. The molecule has 4 atom stereocenters. The maximum atomic E-state index is 12.2. The first-order chi connectivity index (χ1) is 12.8. The largest absolute Gasteiger partial charge is 0.477 e. The van der Waals surface area contributed by atoms with Crippen LogP contribution in [0, 0.1) is 5.92 Å². The molecule has 148 valence electrons. The van der Waals surface area contributed by atoms with Crippen LogP contribution in [0.1, 0.15) is 26.7 Å². The first kappa shape index (κ1) is 19.2. The summed E-state index contributed by atoms with van der Waals surface area (Å²) in [5, 5.41) is 24.9. The van der Waals surface area contributed by atoms with E-state index < -0.39 is 24.1 Å². The van der Waals surface area contributed by atoms with Crippen molar-refractivity contribution in [1.82, 2.24) is 15.5 Å². The van der Waals surface area contributed by atoms with Gasteiger partial charge in [0.05, 0.1) is 24.1 Å². The number of carbonyl (C=O) groups is 3. The molecule has 3 aliphatic heterocycles. The van der Waals surface area contributed by atoms with E-state index in [2.05, 4.69) is 15.6 Å². The number of hydrogen-bond donors (Lipinski definition) is 4. The fourth-order valence-corrected chi connectivity index (χ4v) is 3.91. The zero-order valence-electron chi connectivity index (χ0n) is 15.3. The molecule has 0 aromatic heterocycles. The number of aliphatic carboxylic acids is 1. The van der Waals surface area contributed by atoms with Crippen molar-refractivity contribution in [3.8, 4) is 0 Å². The zero-order chi connectivity index (χ0) is 19.7. The number of carboxylic acid groups (broad SMARTS) is 1. The van der Waals surface area contributed by atoms with E-state index in [-0.39, 0.29) is 30.3 Å². The third kappa shape index (κ3) is 3.61. The Morgan fingerprint density at radius 2 is 2.22 bits per heavy atom. The van der Waals surface area contributed by atoms with E-state index in [4.69, 9.17) is 4.74 Å². The third-order valence-electron chi connectivity index (χ3n) is 5.05. The predicted octanol–water partition coefficient (Wildman–Crippen LogP) is -0.557. The highest BCUT2D eigenvalue weighted by Crippen LogP contribution is 2.45. The summed E-state index contributed by atoms with van der Waals surface area (Å²) in [5.74, 6) is -1.50. The lowest BCUT2D eigenvalue weighted by molar-refractivity contribution is -0.161. The van der Waals surface area contributed by atoms with E-state index in [1.165, 1.54) is 4.90 Å². The topological polar surface area (TPSA) is 141 Å². The molecule has 0 aromatic carbocycles. The number of rotatable bonds is 7. The van der Waals surface area contributed by atoms with Crippen LogP contribution in [0.3, 0.4) is 0 Å². The molecule has 0 aliphatic carbocycles. The molecular formula is C17H24N4O6. The SMILES string of the molecule is CCNC(=O)OCC1=N[C@H](CC2=C(C(=O)O)N3C(=O)[C@H]([C@@H](C)O)[C@H]3C2)CN1. The molecule has 10 heteroatoms. The second-order valence-corrected chi connectivity index (χ2v) is 6.92. The zero-order valence-corrected chi connectivity index (χ0v) is 15.3. The summed E-state index contributed by atoms with van der Waals surface area (Å²) in [7, 11) is 0. The number of aliphatic imine (C=N–C) groups is 1. The minimum atomic E-state index is -1.14. The quantitative estimate of drug-likeness (QED) is 0.434. The van der Waals surface area contributed by atoms with Crippen LogP contribution in [0.2, 0.25) is 0 Å². The smallest absolute Gasteiger partial charge is 0.407 e. The van der Waals surface area contributed by atoms with Crippen molar-refractivity contribution < 1.29 is 29.3 Å². The Labute approximate surface area is 156 Å². The number of nitrogens with zero attached hydrogens (tertiary/aromatic N) is 2. The first-order valence-electron chi connectivity index (χ1n) is 9.01. The number of alkyl carbamates (subject to hydrolysis) is 1. The van der Waals surface area contributed by atoms with Crippen molar-refractivity contribution in [1.29, 1.82) is 0 Å². The molecule has 0 radical (unpaired) electrons. The van der Waals surface area contributed by atoms with Gasteiger partial charge in [0.2, 0.25) is 5.91 Å². The highest BCUT2D eigenvalue weighted by molar-refractivity contribution is 5.99. The normalized spacial score (nSPS) is 27.5. The van der Waals surface area contributed by atoms with Gasteiger partial charge in [-0.25, -0.2) is 9.59 Å². The molecule has 4 N–H and O–H groups in total. The van der Waals surface area contributed by atoms with Gasteiger partial charge in [-0.3, -0.25) is 9.79 Å². The van der Waals surface area contributed by atoms with Crippen LogP contribution in [-0.2, 0) is 14.3 Å². The van der Waals surface area contributed by atoms with Gasteiger partial charge in [0, 0.05) is 13.1 Å². The summed E-state index contributed by atoms with van der Waals surface area (Å²) >= 11 is 0. The van der Waals surface area contributed by atoms with Gasteiger partial charge >= 0.3 is 12.1 Å². The minimum Gasteiger partial charge on any atom is -0.477 e. The summed E-state index contributed by atoms with van der Waals surface area (Å²) in [6, 6.07) is -0.488. The highest BCUT2D eigenvalue weighted by Gasteiger charge is 2.56. The van der Waals surface area contributed by atoms with Gasteiger partial charge in [-0.1, -0.05) is 0 Å². The standard InChI is InChI=1S/C17H24N4O6/c1-3-18-17(26)27-7-12-19-6-10(20-12)4-9-5-11-13(8(2)22)15(23)21(11)14(9)16(24)25/h8,10-11,13,22H,3-7H2,1-2H3,(H,18,26)(H,19,20)(H,24,25)/t8-,10-,11-,13-/m1/s1. The molecule has 0 spiro atoms. The van der Waals surface area contributed by atoms with Crippen LogP contribution in [0.25, 0.3) is 0 Å². The first-order valence-corrected chi connectivity index (χ1v) is 9.01. The van der Waals surface area contributed by atoms with E-state index in [1.807, 2.05) is 0 Å². The Morgan fingerprint density at radius 1 is 1.48 bits per heavy atom. The van der Waals surface area contributed by atoms with Crippen molar-refractivity contribution in [2.45, 2.75) is 44.9 Å². The number of amidine groups is 1. The molecule has 1 saturated heterocycles. The number of amides is 2. The molecule has 3 aliphatic rings. The van der Waals surface area contributed by atoms with Crippen molar-refractivity contribution in [2.75, 3.05) is 19.7 Å². The van der Waals surface area contributed by atoms with Gasteiger partial charge in [0.25, 0.3) is 0 Å². The van der Waals surface area contributed by atoms with Crippen molar-refractivity contribution in [3.63, 3.8) is 0 Å². The molecule has 1 fully saturated rings. The van der Waals surface area contributed by atoms with Crippen LogP contribution in [0.15, 0.2) is 16.3 Å². The Morgan fingerprint density at radius 3 is 2.85 bits per heavy atom. The van der Waals surface area contributed by atoms with E-state index in [0.717, 1.165) is 0 Å². The summed E-state index contributed by atoms with van der Waals surface area (Å²) in [6.45, 7) is 4.32. The Hall–Kier alpha value is -2.62. The third-order valence-corrected chi connectivity index (χ3v) is 5.05. The van der Waals surface area contributed by atoms with Gasteiger partial charge in [-0.2, -0.15) is 0 Å². The molecule has 0 aromatic rings. The van der Waals surface area contributed by atoms with Crippen molar-refractivity contribution >= 4 is 23.8 Å². The lowest BCUT2D eigenvalue weighted by atomic mass is 9.82. The van der Waals surface area contributed by atoms with Crippen molar-refractivity contribution in [3.05, 3.63) is 11.3 Å². The molecule has 27 heavy (non-hydrogen) atoms. The average Bonchev–Trinajstić information content (AvgIpc) is 3.16. The lowest BCUT2D eigenvalue weighted by Gasteiger charge is -2.44. The van der Waals surface area contributed by atoms with Crippen LogP contribution >= 0.6 is 0 Å². The number of ether oxygens (including phenoxy) is 1. The summed E-state index contributed by atoms with van der Waals surface area (Å²) in [4.78, 5) is 40.9. The number of β-lactam (4-membered cyclic amide) rings is 1. The fourth-order valence-electron chi connectivity index (χ4n) is 3.91.